The molecular weight excluding hydrogens is 572 g/mol. The van der Waals surface area contributed by atoms with E-state index < -0.39 is 34.5 Å². The highest BCUT2D eigenvalue weighted by molar-refractivity contribution is 9.11. The Morgan fingerprint density at radius 3 is 2.47 bits per heavy atom. The van der Waals surface area contributed by atoms with Crippen molar-refractivity contribution in [3.05, 3.63) is 66.1 Å². The van der Waals surface area contributed by atoms with Gasteiger partial charge in [-0.3, -0.25) is 9.36 Å². The molecule has 0 bridgehead atoms. The summed E-state index contributed by atoms with van der Waals surface area (Å²) < 4.78 is 21.0. The Morgan fingerprint density at radius 1 is 1.18 bits per heavy atom. The van der Waals surface area contributed by atoms with Gasteiger partial charge in [0, 0.05) is 6.61 Å². The summed E-state index contributed by atoms with van der Waals surface area (Å²) in [6, 6.07) is 9.69. The zero-order chi connectivity index (χ0) is 27.8. The van der Waals surface area contributed by atoms with Gasteiger partial charge in [-0.1, -0.05) is 30.3 Å². The summed E-state index contributed by atoms with van der Waals surface area (Å²) in [5, 5.41) is 0.393. The van der Waals surface area contributed by atoms with Crippen LogP contribution in [0.25, 0.3) is 10.2 Å². The molecule has 0 radical (unpaired) electrons. The molecule has 2 aromatic heterocycles. The van der Waals surface area contributed by atoms with Crippen molar-refractivity contribution in [2.75, 3.05) is 13.2 Å². The third kappa shape index (κ3) is 5.83. The second kappa shape index (κ2) is 11.1. The van der Waals surface area contributed by atoms with Gasteiger partial charge in [-0.25, -0.2) is 14.2 Å². The molecule has 1 aliphatic rings. The Balaban J connectivity index is 1.86. The number of benzene rings is 1. The molecule has 0 aliphatic carbocycles. The minimum atomic E-state index is -1.54. The normalized spacial score (nSPS) is 17.2. The standard InChI is InChI=1S/C28H35BrN2O6S/c1-17-21-23(32)31(28(5,6)25(33)37-27(2,3)4)26(34)30(24(21)38-22(17)29)15-20(18-11-8-7-9-12-18)36-16-19-13-10-14-35-19/h7-9,11-12,19-20H,10,13-16H2,1-6H3/t19?,20-/m0/s1. The molecule has 0 saturated carbocycles. The van der Waals surface area contributed by atoms with Gasteiger partial charge in [-0.2, -0.15) is 0 Å². The highest BCUT2D eigenvalue weighted by Crippen LogP contribution is 2.34. The van der Waals surface area contributed by atoms with Crippen LogP contribution >= 0.6 is 27.3 Å². The van der Waals surface area contributed by atoms with Crippen LogP contribution in [0.2, 0.25) is 0 Å². The van der Waals surface area contributed by atoms with Gasteiger partial charge in [0.1, 0.15) is 22.1 Å². The van der Waals surface area contributed by atoms with Crippen LogP contribution in [0.5, 0.6) is 0 Å². The molecule has 0 spiro atoms. The highest BCUT2D eigenvalue weighted by atomic mass is 79.9. The topological polar surface area (TPSA) is 88.8 Å². The molecule has 3 heterocycles. The monoisotopic (exact) mass is 606 g/mol. The van der Waals surface area contributed by atoms with Crippen molar-refractivity contribution in [1.29, 1.82) is 0 Å². The van der Waals surface area contributed by atoms with E-state index in [4.69, 9.17) is 14.2 Å². The molecular formula is C28H35BrN2O6S. The van der Waals surface area contributed by atoms with Crippen molar-refractivity contribution in [2.45, 2.75) is 84.3 Å². The zero-order valence-corrected chi connectivity index (χ0v) is 25.1. The quantitative estimate of drug-likeness (QED) is 0.323. The number of ether oxygens (including phenoxy) is 3. The summed E-state index contributed by atoms with van der Waals surface area (Å²) >= 11 is 4.87. The number of carbonyl (C=O) groups excluding carboxylic acids is 1. The first-order chi connectivity index (χ1) is 17.8. The average molecular weight is 608 g/mol. The van der Waals surface area contributed by atoms with E-state index in [1.807, 2.05) is 37.3 Å². The van der Waals surface area contributed by atoms with E-state index in [1.54, 1.807) is 39.2 Å². The second-order valence-corrected chi connectivity index (χ2v) is 13.5. The Hall–Kier alpha value is -2.27. The lowest BCUT2D eigenvalue weighted by Crippen LogP contribution is -2.54. The molecule has 0 N–H and O–H groups in total. The summed E-state index contributed by atoms with van der Waals surface area (Å²) in [6.45, 7) is 11.4. The van der Waals surface area contributed by atoms with Gasteiger partial charge in [0.05, 0.1) is 28.4 Å². The van der Waals surface area contributed by atoms with Crippen molar-refractivity contribution in [2.24, 2.45) is 0 Å². The third-order valence-electron chi connectivity index (χ3n) is 6.64. The third-order valence-corrected chi connectivity index (χ3v) is 8.82. The molecule has 1 saturated heterocycles. The lowest BCUT2D eigenvalue weighted by molar-refractivity contribution is -0.164. The zero-order valence-electron chi connectivity index (χ0n) is 22.7. The van der Waals surface area contributed by atoms with Gasteiger partial charge in [0.2, 0.25) is 0 Å². The number of aromatic nitrogens is 2. The van der Waals surface area contributed by atoms with Crippen molar-refractivity contribution in [3.8, 4) is 0 Å². The summed E-state index contributed by atoms with van der Waals surface area (Å²) in [5.41, 5.74) is -1.81. The van der Waals surface area contributed by atoms with Crippen molar-refractivity contribution < 1.29 is 19.0 Å². The van der Waals surface area contributed by atoms with E-state index in [9.17, 15) is 14.4 Å². The smallest absolute Gasteiger partial charge is 0.333 e. The summed E-state index contributed by atoms with van der Waals surface area (Å²) in [6.07, 6.45) is 1.46. The number of carbonyl (C=O) groups is 1. The molecule has 8 nitrogen and oxygen atoms in total. The Morgan fingerprint density at radius 2 is 1.87 bits per heavy atom. The van der Waals surface area contributed by atoms with Crippen LogP contribution < -0.4 is 11.2 Å². The van der Waals surface area contributed by atoms with Gasteiger partial charge >= 0.3 is 11.7 Å². The first-order valence-corrected chi connectivity index (χ1v) is 14.4. The Bertz CT molecular complexity index is 1430. The van der Waals surface area contributed by atoms with Crippen LogP contribution in [-0.4, -0.2) is 40.0 Å². The maximum Gasteiger partial charge on any atom is 0.333 e. The molecule has 3 aromatic rings. The van der Waals surface area contributed by atoms with Crippen LogP contribution in [0.4, 0.5) is 0 Å². The Labute approximate surface area is 234 Å². The van der Waals surface area contributed by atoms with Gasteiger partial charge in [-0.15, -0.1) is 11.3 Å². The maximum absolute atomic E-state index is 14.1. The van der Waals surface area contributed by atoms with Crippen LogP contribution in [0.15, 0.2) is 43.7 Å². The predicted octanol–water partition coefficient (Wildman–Crippen LogP) is 5.31. The fourth-order valence-electron chi connectivity index (χ4n) is 4.55. The van der Waals surface area contributed by atoms with Gasteiger partial charge in [0.15, 0.2) is 0 Å². The highest BCUT2D eigenvalue weighted by Gasteiger charge is 2.39. The van der Waals surface area contributed by atoms with E-state index in [0.717, 1.165) is 33.4 Å². The van der Waals surface area contributed by atoms with Gasteiger partial charge in [-0.05, 0) is 81.4 Å². The minimum absolute atomic E-state index is 0.0103. The number of nitrogens with zero attached hydrogens (tertiary/aromatic N) is 2. The van der Waals surface area contributed by atoms with E-state index in [-0.39, 0.29) is 12.6 Å². The fourth-order valence-corrected chi connectivity index (χ4v) is 6.24. The molecule has 206 valence electrons. The number of esters is 1. The SMILES string of the molecule is Cc1c(Br)sc2c1c(=O)n(C(C)(C)C(=O)OC(C)(C)C)c(=O)n2C[C@H](OCC1CCCO1)c1ccccc1. The summed E-state index contributed by atoms with van der Waals surface area (Å²) in [4.78, 5) is 41.7. The molecule has 4 rings (SSSR count). The number of aryl methyl sites for hydroxylation is 1. The maximum atomic E-state index is 14.1. The predicted molar refractivity (Wildman–Crippen MR) is 152 cm³/mol. The first kappa shape index (κ1) is 28.7. The number of thiophene rings is 1. The lowest BCUT2D eigenvalue weighted by Gasteiger charge is -2.30. The van der Waals surface area contributed by atoms with Crippen molar-refractivity contribution in [3.63, 3.8) is 0 Å². The second-order valence-electron chi connectivity index (χ2n) is 11.1. The molecule has 38 heavy (non-hydrogen) atoms. The molecule has 0 amide bonds. The fraction of sp³-hybridized carbons (Fsp3) is 0.536. The van der Waals surface area contributed by atoms with Crippen LogP contribution in [0.3, 0.4) is 0 Å². The summed E-state index contributed by atoms with van der Waals surface area (Å²) in [5.74, 6) is -0.656. The molecule has 1 fully saturated rings. The molecule has 10 heteroatoms. The number of hydrogen-bond donors (Lipinski definition) is 0. The molecule has 1 unspecified atom stereocenters. The largest absolute Gasteiger partial charge is 0.458 e. The average Bonchev–Trinajstić information content (AvgIpc) is 3.46. The molecule has 1 aliphatic heterocycles. The van der Waals surface area contributed by atoms with E-state index >= 15 is 0 Å². The minimum Gasteiger partial charge on any atom is -0.458 e. The van der Waals surface area contributed by atoms with Gasteiger partial charge < -0.3 is 14.2 Å². The number of fused-ring (bicyclic) bond motifs is 1. The van der Waals surface area contributed by atoms with Crippen molar-refractivity contribution >= 4 is 43.5 Å². The first-order valence-electron chi connectivity index (χ1n) is 12.8. The number of rotatable bonds is 8. The number of halogens is 1. The van der Waals surface area contributed by atoms with Crippen LogP contribution in [-0.2, 0) is 31.1 Å². The van der Waals surface area contributed by atoms with E-state index in [0.29, 0.717) is 22.4 Å². The van der Waals surface area contributed by atoms with E-state index in [2.05, 4.69) is 15.9 Å². The molecule has 2 atom stereocenters. The van der Waals surface area contributed by atoms with Crippen molar-refractivity contribution in [1.82, 2.24) is 9.13 Å². The van der Waals surface area contributed by atoms with Crippen LogP contribution in [0, 0.1) is 6.92 Å². The summed E-state index contributed by atoms with van der Waals surface area (Å²) in [7, 11) is 0. The number of hydrogen-bond acceptors (Lipinski definition) is 7. The Kier molecular flexibility index (Phi) is 8.37. The molecule has 1 aromatic carbocycles. The lowest BCUT2D eigenvalue weighted by atomic mass is 10.0. The van der Waals surface area contributed by atoms with Crippen LogP contribution in [0.1, 0.15) is 64.7 Å². The van der Waals surface area contributed by atoms with E-state index in [1.165, 1.54) is 11.3 Å². The van der Waals surface area contributed by atoms with Gasteiger partial charge in [0.25, 0.3) is 5.56 Å².